The first-order valence-corrected chi connectivity index (χ1v) is 8.49. The number of nitrogens with zero attached hydrogens (tertiary/aromatic N) is 4. The minimum atomic E-state index is -0.222. The summed E-state index contributed by atoms with van der Waals surface area (Å²) >= 11 is 4.84. The molecule has 0 aliphatic rings. The monoisotopic (exact) mass is 391 g/mol. The third kappa shape index (κ3) is 3.48. The van der Waals surface area contributed by atoms with Crippen LogP contribution in [0.2, 0.25) is 0 Å². The number of thiazole rings is 1. The maximum absolute atomic E-state index is 12.3. The Morgan fingerprint density at radius 2 is 2.22 bits per heavy atom. The number of amides is 1. The van der Waals surface area contributed by atoms with Gasteiger partial charge in [0.2, 0.25) is 0 Å². The van der Waals surface area contributed by atoms with Crippen LogP contribution in [0, 0.1) is 6.92 Å². The molecule has 118 valence electrons. The number of nitrogens with one attached hydrogen (secondary N) is 1. The van der Waals surface area contributed by atoms with E-state index in [2.05, 4.69) is 36.3 Å². The van der Waals surface area contributed by atoms with Crippen molar-refractivity contribution in [2.45, 2.75) is 13.5 Å². The van der Waals surface area contributed by atoms with Gasteiger partial charge in [0.05, 0.1) is 22.7 Å². The lowest BCUT2D eigenvalue weighted by Gasteiger charge is -2.05. The van der Waals surface area contributed by atoms with Gasteiger partial charge in [0.25, 0.3) is 5.91 Å². The summed E-state index contributed by atoms with van der Waals surface area (Å²) in [4.78, 5) is 20.6. The molecule has 6 nitrogen and oxygen atoms in total. The van der Waals surface area contributed by atoms with Gasteiger partial charge in [-0.15, -0.1) is 11.3 Å². The molecule has 1 N–H and O–H groups in total. The SMILES string of the molecule is Cc1c(-c2ccnc(C(=O)NCc3ncc(Br)s3)c2)cnn1C. The van der Waals surface area contributed by atoms with Crippen LogP contribution in [0.4, 0.5) is 0 Å². The van der Waals surface area contributed by atoms with E-state index in [1.165, 1.54) is 11.3 Å². The number of hydrogen-bond donors (Lipinski definition) is 1. The van der Waals surface area contributed by atoms with Crippen LogP contribution in [-0.4, -0.2) is 25.7 Å². The second kappa shape index (κ2) is 6.59. The molecule has 3 heterocycles. The van der Waals surface area contributed by atoms with Crippen LogP contribution in [0.3, 0.4) is 0 Å². The van der Waals surface area contributed by atoms with Crippen molar-refractivity contribution in [1.82, 2.24) is 25.1 Å². The van der Waals surface area contributed by atoms with Crippen molar-refractivity contribution >= 4 is 33.2 Å². The van der Waals surface area contributed by atoms with Gasteiger partial charge >= 0.3 is 0 Å². The average Bonchev–Trinajstić information content (AvgIpc) is 3.12. The van der Waals surface area contributed by atoms with Gasteiger partial charge in [-0.3, -0.25) is 14.5 Å². The zero-order valence-electron chi connectivity index (χ0n) is 12.6. The van der Waals surface area contributed by atoms with Crippen molar-refractivity contribution in [3.05, 3.63) is 50.9 Å². The minimum absolute atomic E-state index is 0.222. The molecule has 0 radical (unpaired) electrons. The standard InChI is InChI=1S/C15H14BrN5OS/c1-9-11(6-20-21(9)2)10-3-4-17-12(5-10)15(22)19-8-14-18-7-13(16)23-14/h3-7H,8H2,1-2H3,(H,19,22). The Kier molecular flexibility index (Phi) is 4.53. The fourth-order valence-corrected chi connectivity index (χ4v) is 3.36. The van der Waals surface area contributed by atoms with Crippen LogP contribution in [0.1, 0.15) is 21.2 Å². The fraction of sp³-hybridized carbons (Fsp3) is 0.200. The first kappa shape index (κ1) is 15.8. The average molecular weight is 392 g/mol. The molecule has 0 saturated heterocycles. The van der Waals surface area contributed by atoms with Crippen LogP contribution >= 0.6 is 27.3 Å². The molecule has 0 atom stereocenters. The van der Waals surface area contributed by atoms with E-state index in [1.807, 2.05) is 20.0 Å². The van der Waals surface area contributed by atoms with E-state index < -0.39 is 0 Å². The van der Waals surface area contributed by atoms with Crippen molar-refractivity contribution in [1.29, 1.82) is 0 Å². The van der Waals surface area contributed by atoms with Crippen LogP contribution in [0.5, 0.6) is 0 Å². The molecule has 3 aromatic heterocycles. The Bertz CT molecular complexity index is 857. The van der Waals surface area contributed by atoms with Gasteiger partial charge < -0.3 is 5.32 Å². The topological polar surface area (TPSA) is 72.7 Å². The molecule has 0 aromatic carbocycles. The highest BCUT2D eigenvalue weighted by Crippen LogP contribution is 2.23. The van der Waals surface area contributed by atoms with Crippen LogP contribution in [0.15, 0.2) is 34.5 Å². The van der Waals surface area contributed by atoms with Gasteiger partial charge in [-0.2, -0.15) is 5.10 Å². The largest absolute Gasteiger partial charge is 0.344 e. The van der Waals surface area contributed by atoms with E-state index in [1.54, 1.807) is 29.3 Å². The molecule has 1 amide bonds. The maximum Gasteiger partial charge on any atom is 0.270 e. The molecule has 23 heavy (non-hydrogen) atoms. The smallest absolute Gasteiger partial charge is 0.270 e. The number of carbonyl (C=O) groups excluding carboxylic acids is 1. The van der Waals surface area contributed by atoms with Gasteiger partial charge in [0.15, 0.2) is 0 Å². The molecular weight excluding hydrogens is 378 g/mol. The van der Waals surface area contributed by atoms with Crippen molar-refractivity contribution in [2.75, 3.05) is 0 Å². The molecule has 0 bridgehead atoms. The predicted molar refractivity (Wildman–Crippen MR) is 92.2 cm³/mol. The van der Waals surface area contributed by atoms with Crippen molar-refractivity contribution < 1.29 is 4.79 Å². The Balaban J connectivity index is 1.76. The number of halogens is 1. The zero-order valence-corrected chi connectivity index (χ0v) is 15.0. The highest BCUT2D eigenvalue weighted by Gasteiger charge is 2.12. The molecule has 0 fully saturated rings. The van der Waals surface area contributed by atoms with Crippen LogP contribution < -0.4 is 5.32 Å². The first-order chi connectivity index (χ1) is 11.0. The van der Waals surface area contributed by atoms with Gasteiger partial charge in [-0.1, -0.05) is 0 Å². The molecule has 0 spiro atoms. The summed E-state index contributed by atoms with van der Waals surface area (Å²) < 4.78 is 2.74. The third-order valence-electron chi connectivity index (χ3n) is 3.46. The zero-order chi connectivity index (χ0) is 16.4. The summed E-state index contributed by atoms with van der Waals surface area (Å²) in [5, 5.41) is 7.90. The predicted octanol–water partition coefficient (Wildman–Crippen LogP) is 2.94. The highest BCUT2D eigenvalue weighted by molar-refractivity contribution is 9.11. The molecule has 3 aromatic rings. The Morgan fingerprint density at radius 3 is 2.87 bits per heavy atom. The number of hydrogen-bond acceptors (Lipinski definition) is 5. The summed E-state index contributed by atoms with van der Waals surface area (Å²) in [6.07, 6.45) is 5.15. The molecule has 0 aliphatic carbocycles. The van der Waals surface area contributed by atoms with E-state index in [9.17, 15) is 4.79 Å². The van der Waals surface area contributed by atoms with E-state index in [0.717, 1.165) is 25.6 Å². The van der Waals surface area contributed by atoms with Crippen molar-refractivity contribution in [2.24, 2.45) is 7.05 Å². The minimum Gasteiger partial charge on any atom is -0.344 e. The normalized spacial score (nSPS) is 10.7. The van der Waals surface area contributed by atoms with Crippen LogP contribution in [0.25, 0.3) is 11.1 Å². The lowest BCUT2D eigenvalue weighted by atomic mass is 10.1. The molecular formula is C15H14BrN5OS. The van der Waals surface area contributed by atoms with Gasteiger partial charge in [0, 0.05) is 24.5 Å². The Labute approximate surface area is 145 Å². The summed E-state index contributed by atoms with van der Waals surface area (Å²) in [5.74, 6) is -0.222. The third-order valence-corrected chi connectivity index (χ3v) is 4.94. The van der Waals surface area contributed by atoms with Crippen LogP contribution in [-0.2, 0) is 13.6 Å². The first-order valence-electron chi connectivity index (χ1n) is 6.88. The van der Waals surface area contributed by atoms with Gasteiger partial charge in [-0.25, -0.2) is 4.98 Å². The van der Waals surface area contributed by atoms with Gasteiger partial charge in [0.1, 0.15) is 10.7 Å². The summed E-state index contributed by atoms with van der Waals surface area (Å²) in [5.41, 5.74) is 3.33. The number of aryl methyl sites for hydroxylation is 1. The lowest BCUT2D eigenvalue weighted by Crippen LogP contribution is -2.23. The van der Waals surface area contributed by atoms with Crippen molar-refractivity contribution in [3.8, 4) is 11.1 Å². The Hall–Kier alpha value is -2.06. The van der Waals surface area contributed by atoms with E-state index >= 15 is 0 Å². The number of carbonyl (C=O) groups is 1. The number of rotatable bonds is 4. The molecule has 3 rings (SSSR count). The molecule has 0 unspecified atom stereocenters. The second-order valence-corrected chi connectivity index (χ2v) is 7.43. The maximum atomic E-state index is 12.3. The fourth-order valence-electron chi connectivity index (χ4n) is 2.12. The molecule has 0 saturated carbocycles. The van der Waals surface area contributed by atoms with E-state index in [4.69, 9.17) is 0 Å². The van der Waals surface area contributed by atoms with E-state index in [0.29, 0.717) is 12.2 Å². The lowest BCUT2D eigenvalue weighted by molar-refractivity contribution is 0.0946. The molecule has 0 aliphatic heterocycles. The summed E-state index contributed by atoms with van der Waals surface area (Å²) in [7, 11) is 1.89. The van der Waals surface area contributed by atoms with E-state index in [-0.39, 0.29) is 5.91 Å². The highest BCUT2D eigenvalue weighted by atomic mass is 79.9. The quantitative estimate of drug-likeness (QED) is 0.741. The number of aromatic nitrogens is 4. The van der Waals surface area contributed by atoms with Crippen molar-refractivity contribution in [3.63, 3.8) is 0 Å². The summed E-state index contributed by atoms with van der Waals surface area (Å²) in [6.45, 7) is 2.37. The summed E-state index contributed by atoms with van der Waals surface area (Å²) in [6, 6.07) is 3.65. The second-order valence-electron chi connectivity index (χ2n) is 4.94. The molecule has 8 heteroatoms. The Morgan fingerprint density at radius 1 is 1.39 bits per heavy atom. The van der Waals surface area contributed by atoms with Gasteiger partial charge in [-0.05, 0) is 40.5 Å². The number of pyridine rings is 1.